The third-order valence-corrected chi connectivity index (χ3v) is 5.08. The lowest BCUT2D eigenvalue weighted by atomic mass is 9.80. The molecule has 3 rings (SSSR count). The summed E-state index contributed by atoms with van der Waals surface area (Å²) in [7, 11) is 1.54. The number of benzene rings is 1. The summed E-state index contributed by atoms with van der Waals surface area (Å²) in [5, 5.41) is 0. The van der Waals surface area contributed by atoms with Gasteiger partial charge in [-0.2, -0.15) is 0 Å². The maximum Gasteiger partial charge on any atom is 0.328 e. The van der Waals surface area contributed by atoms with Gasteiger partial charge >= 0.3 is 5.69 Å². The summed E-state index contributed by atoms with van der Waals surface area (Å²) in [5.74, 6) is 1.04. The molecule has 0 saturated heterocycles. The molecule has 4 heteroatoms. The molecule has 1 aromatic heterocycles. The summed E-state index contributed by atoms with van der Waals surface area (Å²) in [6.45, 7) is 2.27. The number of nitrogens with one attached hydrogen (secondary N) is 1. The highest BCUT2D eigenvalue weighted by atomic mass is 16.2. The van der Waals surface area contributed by atoms with Crippen molar-refractivity contribution in [1.29, 1.82) is 0 Å². The van der Waals surface area contributed by atoms with E-state index < -0.39 is 0 Å². The Morgan fingerprint density at radius 1 is 1.09 bits per heavy atom. The van der Waals surface area contributed by atoms with Crippen molar-refractivity contribution >= 4 is 0 Å². The molecular formula is C19H24N2O2. The van der Waals surface area contributed by atoms with E-state index in [0.717, 1.165) is 48.4 Å². The monoisotopic (exact) mass is 312 g/mol. The van der Waals surface area contributed by atoms with Crippen LogP contribution in [0.3, 0.4) is 0 Å². The van der Waals surface area contributed by atoms with Gasteiger partial charge in [-0.1, -0.05) is 50.1 Å². The zero-order chi connectivity index (χ0) is 16.4. The second-order valence-electron chi connectivity index (χ2n) is 6.81. The molecule has 1 aromatic carbocycles. The van der Waals surface area contributed by atoms with Gasteiger partial charge in [-0.25, -0.2) is 4.79 Å². The fourth-order valence-corrected chi connectivity index (χ4v) is 3.55. The normalized spacial score (nSPS) is 21.3. The van der Waals surface area contributed by atoms with Crippen molar-refractivity contribution in [2.45, 2.75) is 44.9 Å². The Kier molecular flexibility index (Phi) is 4.51. The fraction of sp³-hybridized carbons (Fsp3) is 0.474. The predicted octanol–water partition coefficient (Wildman–Crippen LogP) is 2.96. The van der Waals surface area contributed by atoms with Crippen molar-refractivity contribution in [1.82, 2.24) is 9.55 Å². The number of H-pyrrole nitrogens is 1. The van der Waals surface area contributed by atoms with Gasteiger partial charge in [0.25, 0.3) is 5.56 Å². The van der Waals surface area contributed by atoms with E-state index in [2.05, 4.69) is 11.9 Å². The molecule has 4 nitrogen and oxygen atoms in total. The van der Waals surface area contributed by atoms with E-state index in [1.165, 1.54) is 4.57 Å². The highest BCUT2D eigenvalue weighted by Crippen LogP contribution is 2.35. The van der Waals surface area contributed by atoms with Gasteiger partial charge in [0.2, 0.25) is 0 Å². The molecule has 2 aromatic rings. The van der Waals surface area contributed by atoms with Crippen molar-refractivity contribution < 1.29 is 0 Å². The van der Waals surface area contributed by atoms with E-state index in [0.29, 0.717) is 12.3 Å². The SMILES string of the molecule is CC1CCC(c2[nH]c(=O)n(C)c(=O)c2Cc2ccccc2)CC1. The average molecular weight is 312 g/mol. The molecule has 23 heavy (non-hydrogen) atoms. The number of hydrogen-bond donors (Lipinski definition) is 1. The van der Waals surface area contributed by atoms with Gasteiger partial charge in [-0.05, 0) is 30.2 Å². The van der Waals surface area contributed by atoms with E-state index in [-0.39, 0.29) is 11.2 Å². The van der Waals surface area contributed by atoms with E-state index >= 15 is 0 Å². The Labute approximate surface area is 136 Å². The summed E-state index contributed by atoms with van der Waals surface area (Å²) < 4.78 is 1.19. The smallest absolute Gasteiger partial charge is 0.310 e. The molecule has 122 valence electrons. The molecule has 0 atom stereocenters. The second kappa shape index (κ2) is 6.57. The van der Waals surface area contributed by atoms with Crippen LogP contribution in [0.5, 0.6) is 0 Å². The summed E-state index contributed by atoms with van der Waals surface area (Å²) in [6.07, 6.45) is 4.99. The summed E-state index contributed by atoms with van der Waals surface area (Å²) in [6, 6.07) is 9.98. The second-order valence-corrected chi connectivity index (χ2v) is 6.81. The van der Waals surface area contributed by atoms with Gasteiger partial charge in [0.05, 0.1) is 0 Å². The number of aromatic nitrogens is 2. The van der Waals surface area contributed by atoms with Gasteiger partial charge < -0.3 is 4.98 Å². The third-order valence-electron chi connectivity index (χ3n) is 5.08. The molecule has 0 amide bonds. The summed E-state index contributed by atoms with van der Waals surface area (Å²) in [5.41, 5.74) is 2.25. The minimum atomic E-state index is -0.305. The van der Waals surface area contributed by atoms with Crippen LogP contribution in [0.1, 0.15) is 55.3 Å². The molecule has 1 heterocycles. The van der Waals surface area contributed by atoms with E-state index in [4.69, 9.17) is 0 Å². The quantitative estimate of drug-likeness (QED) is 0.947. The topological polar surface area (TPSA) is 54.9 Å². The molecule has 1 fully saturated rings. The maximum absolute atomic E-state index is 12.7. The van der Waals surface area contributed by atoms with Crippen molar-refractivity contribution in [3.05, 3.63) is 68.0 Å². The van der Waals surface area contributed by atoms with Crippen LogP contribution in [0.25, 0.3) is 0 Å². The molecule has 1 aliphatic rings. The number of hydrogen-bond acceptors (Lipinski definition) is 2. The first-order valence-electron chi connectivity index (χ1n) is 8.42. The van der Waals surface area contributed by atoms with Gasteiger partial charge in [0, 0.05) is 24.7 Å². The van der Waals surface area contributed by atoms with Crippen LogP contribution >= 0.6 is 0 Å². The molecular weight excluding hydrogens is 288 g/mol. The Morgan fingerprint density at radius 2 is 1.74 bits per heavy atom. The third kappa shape index (κ3) is 3.31. The average Bonchev–Trinajstić information content (AvgIpc) is 2.57. The highest BCUT2D eigenvalue weighted by Gasteiger charge is 2.25. The minimum Gasteiger partial charge on any atom is -0.310 e. The Bertz CT molecular complexity index is 781. The molecule has 0 bridgehead atoms. The lowest BCUT2D eigenvalue weighted by Gasteiger charge is -2.27. The zero-order valence-electron chi connectivity index (χ0n) is 13.8. The largest absolute Gasteiger partial charge is 0.328 e. The van der Waals surface area contributed by atoms with E-state index in [1.54, 1.807) is 7.05 Å². The molecule has 0 radical (unpaired) electrons. The van der Waals surface area contributed by atoms with Crippen LogP contribution in [0, 0.1) is 5.92 Å². The first-order valence-corrected chi connectivity index (χ1v) is 8.42. The number of nitrogens with zero attached hydrogens (tertiary/aromatic N) is 1. The molecule has 1 aliphatic carbocycles. The van der Waals surface area contributed by atoms with Crippen LogP contribution in [0.15, 0.2) is 39.9 Å². The number of rotatable bonds is 3. The van der Waals surface area contributed by atoms with Crippen molar-refractivity contribution in [2.75, 3.05) is 0 Å². The van der Waals surface area contributed by atoms with Crippen LogP contribution in [-0.2, 0) is 13.5 Å². The maximum atomic E-state index is 12.7. The van der Waals surface area contributed by atoms with Crippen LogP contribution in [-0.4, -0.2) is 9.55 Å². The lowest BCUT2D eigenvalue weighted by Crippen LogP contribution is -2.37. The van der Waals surface area contributed by atoms with E-state index in [9.17, 15) is 9.59 Å². The Morgan fingerprint density at radius 3 is 2.39 bits per heavy atom. The van der Waals surface area contributed by atoms with Gasteiger partial charge in [-0.3, -0.25) is 9.36 Å². The van der Waals surface area contributed by atoms with Crippen LogP contribution in [0.2, 0.25) is 0 Å². The summed E-state index contributed by atoms with van der Waals surface area (Å²) in [4.78, 5) is 27.7. The summed E-state index contributed by atoms with van der Waals surface area (Å²) >= 11 is 0. The van der Waals surface area contributed by atoms with Gasteiger partial charge in [-0.15, -0.1) is 0 Å². The molecule has 0 aliphatic heterocycles. The van der Waals surface area contributed by atoms with Gasteiger partial charge in [0.15, 0.2) is 0 Å². The molecule has 1 saturated carbocycles. The molecule has 1 N–H and O–H groups in total. The minimum absolute atomic E-state index is 0.161. The van der Waals surface area contributed by atoms with Crippen molar-refractivity contribution in [3.8, 4) is 0 Å². The standard InChI is InChI=1S/C19H24N2O2/c1-13-8-10-15(11-9-13)17-16(12-14-6-4-3-5-7-14)18(22)21(2)19(23)20-17/h3-7,13,15H,8-12H2,1-2H3,(H,20,23). The lowest BCUT2D eigenvalue weighted by molar-refractivity contribution is 0.341. The molecule has 0 spiro atoms. The van der Waals surface area contributed by atoms with Crippen molar-refractivity contribution in [2.24, 2.45) is 13.0 Å². The first-order chi connectivity index (χ1) is 11.1. The van der Waals surface area contributed by atoms with Gasteiger partial charge in [0.1, 0.15) is 0 Å². The van der Waals surface area contributed by atoms with E-state index in [1.807, 2.05) is 30.3 Å². The number of aromatic amines is 1. The van der Waals surface area contributed by atoms with Crippen LogP contribution < -0.4 is 11.2 Å². The Balaban J connectivity index is 2.04. The zero-order valence-corrected chi connectivity index (χ0v) is 13.8. The predicted molar refractivity (Wildman–Crippen MR) is 91.9 cm³/mol. The Hall–Kier alpha value is -2.10. The molecule has 0 unspecified atom stereocenters. The van der Waals surface area contributed by atoms with Crippen LogP contribution in [0.4, 0.5) is 0 Å². The van der Waals surface area contributed by atoms with Crippen molar-refractivity contribution in [3.63, 3.8) is 0 Å². The fourth-order valence-electron chi connectivity index (χ4n) is 3.55. The highest BCUT2D eigenvalue weighted by molar-refractivity contribution is 5.29. The first kappa shape index (κ1) is 15.8.